The van der Waals surface area contributed by atoms with E-state index < -0.39 is 0 Å². The maximum Gasteiger partial charge on any atom is 0.150 e. The molecule has 16 heavy (non-hydrogen) atoms. The molecule has 3 nitrogen and oxygen atoms in total. The zero-order valence-electron chi connectivity index (χ0n) is 8.77. The van der Waals surface area contributed by atoms with Crippen molar-refractivity contribution in [2.75, 3.05) is 18.0 Å². The molecular weight excluding hydrogens is 242 g/mol. The van der Waals surface area contributed by atoms with E-state index in [2.05, 4.69) is 20.2 Å². The Morgan fingerprint density at radius 1 is 1.44 bits per heavy atom. The fourth-order valence-electron chi connectivity index (χ4n) is 2.12. The highest BCUT2D eigenvalue weighted by Gasteiger charge is 2.21. The molecule has 1 saturated heterocycles. The van der Waals surface area contributed by atoms with Crippen molar-refractivity contribution < 1.29 is 0 Å². The van der Waals surface area contributed by atoms with Gasteiger partial charge in [0.05, 0.1) is 15.6 Å². The lowest BCUT2D eigenvalue weighted by Gasteiger charge is -2.30. The number of fused-ring (bicyclic) bond motifs is 1. The van der Waals surface area contributed by atoms with Crippen molar-refractivity contribution in [3.8, 4) is 0 Å². The minimum atomic E-state index is 0.249. The average Bonchev–Trinajstić information content (AvgIpc) is 2.76. The number of rotatable bonds is 1. The number of alkyl halides is 1. The summed E-state index contributed by atoms with van der Waals surface area (Å²) in [5, 5.41) is 2.31. The number of piperidine rings is 1. The molecule has 1 aliphatic heterocycles. The number of halogens is 1. The molecule has 0 radical (unpaired) electrons. The van der Waals surface area contributed by atoms with E-state index in [0.29, 0.717) is 0 Å². The van der Waals surface area contributed by atoms with Gasteiger partial charge in [0.25, 0.3) is 0 Å². The van der Waals surface area contributed by atoms with Crippen LogP contribution in [0.4, 0.5) is 5.82 Å². The van der Waals surface area contributed by atoms with Crippen molar-refractivity contribution in [1.82, 2.24) is 9.97 Å². The summed E-state index contributed by atoms with van der Waals surface area (Å²) in [5.74, 6) is 1.05. The highest BCUT2D eigenvalue weighted by Crippen LogP contribution is 2.30. The first kappa shape index (κ1) is 10.3. The van der Waals surface area contributed by atoms with Gasteiger partial charge < -0.3 is 4.90 Å². The normalized spacial score (nSPS) is 21.6. The topological polar surface area (TPSA) is 29.0 Å². The van der Waals surface area contributed by atoms with Crippen LogP contribution in [0, 0.1) is 0 Å². The van der Waals surface area contributed by atoms with Crippen LogP contribution in [0.3, 0.4) is 0 Å². The molecule has 0 spiro atoms. The average molecular weight is 254 g/mol. The van der Waals surface area contributed by atoms with Crippen LogP contribution in [0.5, 0.6) is 0 Å². The molecule has 3 heterocycles. The van der Waals surface area contributed by atoms with Gasteiger partial charge in [0.15, 0.2) is 0 Å². The molecule has 0 amide bonds. The van der Waals surface area contributed by atoms with Crippen molar-refractivity contribution in [3.63, 3.8) is 0 Å². The van der Waals surface area contributed by atoms with Crippen LogP contribution in [0.15, 0.2) is 17.8 Å². The molecule has 1 aliphatic rings. The van der Waals surface area contributed by atoms with Crippen LogP contribution in [-0.4, -0.2) is 28.4 Å². The second-order valence-electron chi connectivity index (χ2n) is 4.02. The van der Waals surface area contributed by atoms with E-state index in [1.807, 2.05) is 6.07 Å². The van der Waals surface area contributed by atoms with E-state index >= 15 is 0 Å². The zero-order chi connectivity index (χ0) is 11.0. The largest absolute Gasteiger partial charge is 0.354 e. The third-order valence-corrected chi connectivity index (χ3v) is 4.14. The molecule has 1 fully saturated rings. The van der Waals surface area contributed by atoms with Crippen LogP contribution in [-0.2, 0) is 0 Å². The number of hydrogen-bond acceptors (Lipinski definition) is 4. The molecule has 0 bridgehead atoms. The van der Waals surface area contributed by atoms with Gasteiger partial charge in [0.2, 0.25) is 0 Å². The summed E-state index contributed by atoms with van der Waals surface area (Å²) in [7, 11) is 0. The highest BCUT2D eigenvalue weighted by molar-refractivity contribution is 7.17. The molecule has 2 aromatic rings. The fourth-order valence-corrected chi connectivity index (χ4v) is 3.30. The van der Waals surface area contributed by atoms with Crippen LogP contribution >= 0.6 is 22.9 Å². The Bertz CT molecular complexity index is 499. The Labute approximate surface area is 103 Å². The maximum absolute atomic E-state index is 6.20. The maximum atomic E-state index is 6.20. The molecule has 1 unspecified atom stereocenters. The van der Waals surface area contributed by atoms with Crippen molar-refractivity contribution in [2.24, 2.45) is 0 Å². The molecule has 0 aromatic carbocycles. The van der Waals surface area contributed by atoms with Crippen LogP contribution in [0.1, 0.15) is 12.8 Å². The third-order valence-electron chi connectivity index (χ3n) is 2.89. The molecule has 0 aliphatic carbocycles. The number of hydrogen-bond donors (Lipinski definition) is 0. The minimum Gasteiger partial charge on any atom is -0.354 e. The molecule has 0 saturated carbocycles. The Kier molecular flexibility index (Phi) is 2.69. The van der Waals surface area contributed by atoms with Crippen molar-refractivity contribution in [2.45, 2.75) is 18.2 Å². The summed E-state index contributed by atoms with van der Waals surface area (Å²) in [6.07, 6.45) is 3.89. The second kappa shape index (κ2) is 4.18. The minimum absolute atomic E-state index is 0.249. The molecule has 3 rings (SSSR count). The molecule has 0 N–H and O–H groups in total. The van der Waals surface area contributed by atoms with E-state index in [1.165, 1.54) is 4.70 Å². The second-order valence-corrected chi connectivity index (χ2v) is 5.55. The summed E-state index contributed by atoms with van der Waals surface area (Å²) in [6, 6.07) is 2.04. The van der Waals surface area contributed by atoms with Crippen molar-refractivity contribution >= 4 is 39.0 Å². The van der Waals surface area contributed by atoms with Crippen molar-refractivity contribution in [1.29, 1.82) is 0 Å². The van der Waals surface area contributed by atoms with E-state index in [9.17, 15) is 0 Å². The van der Waals surface area contributed by atoms with E-state index in [-0.39, 0.29) is 5.38 Å². The van der Waals surface area contributed by atoms with Gasteiger partial charge in [-0.1, -0.05) is 0 Å². The lowest BCUT2D eigenvalue weighted by molar-refractivity contribution is 0.581. The van der Waals surface area contributed by atoms with Crippen molar-refractivity contribution in [3.05, 3.63) is 17.8 Å². The lowest BCUT2D eigenvalue weighted by atomic mass is 10.1. The first-order valence-electron chi connectivity index (χ1n) is 5.42. The Hall–Kier alpha value is -0.870. The Morgan fingerprint density at radius 3 is 3.25 bits per heavy atom. The molecule has 5 heteroatoms. The lowest BCUT2D eigenvalue weighted by Crippen LogP contribution is -2.36. The number of anilines is 1. The first-order chi connectivity index (χ1) is 7.84. The molecule has 1 atom stereocenters. The van der Waals surface area contributed by atoms with Gasteiger partial charge >= 0.3 is 0 Å². The van der Waals surface area contributed by atoms with Crippen LogP contribution in [0.25, 0.3) is 10.2 Å². The monoisotopic (exact) mass is 253 g/mol. The summed E-state index contributed by atoms with van der Waals surface area (Å²) in [6.45, 7) is 1.94. The Balaban J connectivity index is 2.01. The SMILES string of the molecule is ClC1CCCN(c2ncnc3ccsc23)C1. The standard InChI is InChI=1S/C11H12ClN3S/c12-8-2-1-4-15(6-8)11-10-9(3-5-16-10)13-7-14-11/h3,5,7-8H,1-2,4,6H2. The highest BCUT2D eigenvalue weighted by atomic mass is 35.5. The van der Waals surface area contributed by atoms with E-state index in [1.54, 1.807) is 17.7 Å². The summed E-state index contributed by atoms with van der Waals surface area (Å²) >= 11 is 7.90. The quantitative estimate of drug-likeness (QED) is 0.732. The smallest absolute Gasteiger partial charge is 0.150 e. The number of nitrogens with zero attached hydrogens (tertiary/aromatic N) is 3. The molecular formula is C11H12ClN3S. The summed E-state index contributed by atoms with van der Waals surface area (Å²) in [4.78, 5) is 10.9. The molecule has 2 aromatic heterocycles. The Morgan fingerprint density at radius 2 is 2.38 bits per heavy atom. The third kappa shape index (κ3) is 1.76. The number of thiophene rings is 1. The van der Waals surface area contributed by atoms with E-state index in [0.717, 1.165) is 37.3 Å². The van der Waals surface area contributed by atoms with Gasteiger partial charge in [-0.2, -0.15) is 0 Å². The van der Waals surface area contributed by atoms with Gasteiger partial charge in [-0.25, -0.2) is 9.97 Å². The fraction of sp³-hybridized carbons (Fsp3) is 0.455. The van der Waals surface area contributed by atoms with Gasteiger partial charge in [0.1, 0.15) is 12.1 Å². The summed E-state index contributed by atoms with van der Waals surface area (Å²) in [5.41, 5.74) is 1.03. The van der Waals surface area contributed by atoms with Gasteiger partial charge in [-0.05, 0) is 24.3 Å². The van der Waals surface area contributed by atoms with Crippen LogP contribution < -0.4 is 4.90 Å². The summed E-state index contributed by atoms with van der Waals surface area (Å²) < 4.78 is 1.17. The predicted molar refractivity (Wildman–Crippen MR) is 68.5 cm³/mol. The van der Waals surface area contributed by atoms with E-state index in [4.69, 9.17) is 11.6 Å². The molecule has 84 valence electrons. The van der Waals surface area contributed by atoms with Gasteiger partial charge in [0, 0.05) is 13.1 Å². The van der Waals surface area contributed by atoms with Crippen LogP contribution in [0.2, 0.25) is 0 Å². The van der Waals surface area contributed by atoms with Gasteiger partial charge in [-0.15, -0.1) is 22.9 Å². The first-order valence-corrected chi connectivity index (χ1v) is 6.73. The zero-order valence-corrected chi connectivity index (χ0v) is 10.3. The van der Waals surface area contributed by atoms with Gasteiger partial charge in [-0.3, -0.25) is 0 Å². The number of aromatic nitrogens is 2. The predicted octanol–water partition coefficient (Wildman–Crippen LogP) is 2.90.